The highest BCUT2D eigenvalue weighted by Crippen LogP contribution is 2.33. The third kappa shape index (κ3) is 3.53. The standard InChI is InChI=1S/C18H10F4N8OS/c19-10-1-7(16-27-28-17(31-16)14(21)22)2-11(20)9(10)4-30-5-12(26-29-30)13-3-8-15(23)24-6-25-18(8)32-13/h1-3,5-6,14H,4H2,(H2,23,24,25). The van der Waals surface area contributed by atoms with Crippen LogP contribution in [-0.4, -0.2) is 35.2 Å². The number of thiophene rings is 1. The molecular formula is C18H10F4N8OS. The predicted octanol–water partition coefficient (Wildman–Crippen LogP) is 3.85. The summed E-state index contributed by atoms with van der Waals surface area (Å²) in [5, 5.41) is 15.2. The van der Waals surface area contributed by atoms with Crippen molar-refractivity contribution >= 4 is 27.4 Å². The Balaban J connectivity index is 1.41. The summed E-state index contributed by atoms with van der Waals surface area (Å²) in [6.07, 6.45) is -0.114. The van der Waals surface area contributed by atoms with Gasteiger partial charge in [0.2, 0.25) is 5.89 Å². The molecule has 5 rings (SSSR count). The van der Waals surface area contributed by atoms with Crippen molar-refractivity contribution in [2.75, 3.05) is 5.73 Å². The first-order valence-electron chi connectivity index (χ1n) is 8.89. The first kappa shape index (κ1) is 20.0. The van der Waals surface area contributed by atoms with E-state index in [9.17, 15) is 17.6 Å². The molecule has 9 nitrogen and oxygen atoms in total. The lowest BCUT2D eigenvalue weighted by Gasteiger charge is -2.06. The minimum absolute atomic E-state index is 0.161. The van der Waals surface area contributed by atoms with Crippen molar-refractivity contribution in [3.05, 3.63) is 53.8 Å². The number of nitrogens with zero attached hydrogens (tertiary/aromatic N) is 7. The highest BCUT2D eigenvalue weighted by atomic mass is 32.1. The monoisotopic (exact) mass is 462 g/mol. The quantitative estimate of drug-likeness (QED) is 0.391. The van der Waals surface area contributed by atoms with Gasteiger partial charge in [0.25, 0.3) is 5.89 Å². The highest BCUT2D eigenvalue weighted by molar-refractivity contribution is 7.21. The van der Waals surface area contributed by atoms with Crippen LogP contribution in [0.5, 0.6) is 0 Å². The number of fused-ring (bicyclic) bond motifs is 1. The average Bonchev–Trinajstić information content (AvgIpc) is 3.49. The summed E-state index contributed by atoms with van der Waals surface area (Å²) in [5.74, 6) is -2.89. The average molecular weight is 462 g/mol. The van der Waals surface area contributed by atoms with Gasteiger partial charge in [0.15, 0.2) is 0 Å². The molecule has 2 N–H and O–H groups in total. The predicted molar refractivity (Wildman–Crippen MR) is 105 cm³/mol. The Hall–Kier alpha value is -3.94. The van der Waals surface area contributed by atoms with Crippen molar-refractivity contribution < 1.29 is 22.0 Å². The third-order valence-corrected chi connectivity index (χ3v) is 5.55. The zero-order valence-electron chi connectivity index (χ0n) is 15.7. The van der Waals surface area contributed by atoms with Crippen LogP contribution in [0.3, 0.4) is 0 Å². The van der Waals surface area contributed by atoms with Crippen LogP contribution in [0.1, 0.15) is 17.9 Å². The van der Waals surface area contributed by atoms with Gasteiger partial charge in [-0.05, 0) is 18.2 Å². The van der Waals surface area contributed by atoms with E-state index in [1.807, 2.05) is 0 Å². The second-order valence-electron chi connectivity index (χ2n) is 6.55. The van der Waals surface area contributed by atoms with Crippen LogP contribution in [-0.2, 0) is 6.54 Å². The van der Waals surface area contributed by atoms with E-state index < -0.39 is 29.8 Å². The molecule has 0 spiro atoms. The third-order valence-electron chi connectivity index (χ3n) is 4.49. The molecule has 5 aromatic rings. The van der Waals surface area contributed by atoms with Gasteiger partial charge in [0.1, 0.15) is 34.3 Å². The van der Waals surface area contributed by atoms with E-state index in [4.69, 9.17) is 10.2 Å². The molecular weight excluding hydrogens is 452 g/mol. The van der Waals surface area contributed by atoms with Gasteiger partial charge >= 0.3 is 6.43 Å². The van der Waals surface area contributed by atoms with Crippen LogP contribution < -0.4 is 5.73 Å². The van der Waals surface area contributed by atoms with E-state index in [1.54, 1.807) is 6.07 Å². The maximum absolute atomic E-state index is 14.6. The normalized spacial score (nSPS) is 11.7. The largest absolute Gasteiger partial charge is 0.415 e. The fraction of sp³-hybridized carbons (Fsp3) is 0.111. The van der Waals surface area contributed by atoms with Gasteiger partial charge in [0.05, 0.1) is 23.0 Å². The minimum Gasteiger partial charge on any atom is -0.415 e. The number of anilines is 1. The highest BCUT2D eigenvalue weighted by Gasteiger charge is 2.20. The SMILES string of the molecule is Nc1ncnc2sc(-c3cn(Cc4c(F)cc(-c5nnc(C(F)F)o5)cc4F)nn3)cc12. The first-order chi connectivity index (χ1) is 15.4. The van der Waals surface area contributed by atoms with Gasteiger partial charge in [-0.15, -0.1) is 26.6 Å². The summed E-state index contributed by atoms with van der Waals surface area (Å²) < 4.78 is 60.4. The maximum atomic E-state index is 14.6. The van der Waals surface area contributed by atoms with Gasteiger partial charge in [-0.3, -0.25) is 0 Å². The first-order valence-corrected chi connectivity index (χ1v) is 9.71. The summed E-state index contributed by atoms with van der Waals surface area (Å²) in [4.78, 5) is 9.46. The fourth-order valence-corrected chi connectivity index (χ4v) is 3.92. The van der Waals surface area contributed by atoms with Crippen LogP contribution in [0.2, 0.25) is 0 Å². The second-order valence-corrected chi connectivity index (χ2v) is 7.58. The molecule has 0 aliphatic carbocycles. The van der Waals surface area contributed by atoms with E-state index in [-0.39, 0.29) is 17.7 Å². The number of halogens is 4. The molecule has 32 heavy (non-hydrogen) atoms. The van der Waals surface area contributed by atoms with Crippen molar-refractivity contribution in [2.24, 2.45) is 0 Å². The molecule has 14 heteroatoms. The molecule has 0 aliphatic rings. The van der Waals surface area contributed by atoms with Crippen LogP contribution >= 0.6 is 11.3 Å². The molecule has 162 valence electrons. The van der Waals surface area contributed by atoms with Gasteiger partial charge in [0, 0.05) is 11.1 Å². The van der Waals surface area contributed by atoms with E-state index in [2.05, 4.69) is 30.5 Å². The Bertz CT molecular complexity index is 1420. The number of aromatic nitrogens is 7. The molecule has 0 fully saturated rings. The van der Waals surface area contributed by atoms with E-state index >= 15 is 0 Å². The molecule has 0 atom stereocenters. The van der Waals surface area contributed by atoms with Gasteiger partial charge in [-0.2, -0.15) is 8.78 Å². The molecule has 0 bridgehead atoms. The number of nitrogen functional groups attached to an aromatic ring is 1. The molecule has 1 aromatic carbocycles. The van der Waals surface area contributed by atoms with Crippen molar-refractivity contribution in [3.63, 3.8) is 0 Å². The Morgan fingerprint density at radius 2 is 1.84 bits per heavy atom. The van der Waals surface area contributed by atoms with E-state index in [1.165, 1.54) is 28.5 Å². The van der Waals surface area contributed by atoms with Crippen LogP contribution in [0, 0.1) is 11.6 Å². The molecule has 0 aliphatic heterocycles. The van der Waals surface area contributed by atoms with Crippen molar-refractivity contribution in [3.8, 4) is 22.0 Å². The van der Waals surface area contributed by atoms with Crippen molar-refractivity contribution in [1.82, 2.24) is 35.2 Å². The second kappa shape index (κ2) is 7.64. The number of hydrogen-bond donors (Lipinski definition) is 1. The van der Waals surface area contributed by atoms with Crippen molar-refractivity contribution in [2.45, 2.75) is 13.0 Å². The zero-order chi connectivity index (χ0) is 22.4. The smallest absolute Gasteiger partial charge is 0.314 e. The Kier molecular flexibility index (Phi) is 4.77. The Morgan fingerprint density at radius 3 is 2.53 bits per heavy atom. The molecule has 0 amide bonds. The summed E-state index contributed by atoms with van der Waals surface area (Å²) in [6, 6.07) is 3.61. The molecule has 0 unspecified atom stereocenters. The summed E-state index contributed by atoms with van der Waals surface area (Å²) in [7, 11) is 0. The van der Waals surface area contributed by atoms with E-state index in [0.29, 0.717) is 26.6 Å². The van der Waals surface area contributed by atoms with Crippen LogP contribution in [0.4, 0.5) is 23.4 Å². The summed E-state index contributed by atoms with van der Waals surface area (Å²) in [5.41, 5.74) is 5.84. The number of benzene rings is 1. The van der Waals surface area contributed by atoms with Gasteiger partial charge in [-0.1, -0.05) is 5.21 Å². The van der Waals surface area contributed by atoms with Crippen LogP contribution in [0.25, 0.3) is 32.2 Å². The molecule has 4 aromatic heterocycles. The Morgan fingerprint density at radius 1 is 1.06 bits per heavy atom. The topological polar surface area (TPSA) is 121 Å². The minimum atomic E-state index is -2.99. The van der Waals surface area contributed by atoms with Crippen LogP contribution in [0.15, 0.2) is 35.1 Å². The van der Waals surface area contributed by atoms with Gasteiger partial charge < -0.3 is 10.2 Å². The molecule has 4 heterocycles. The zero-order valence-corrected chi connectivity index (χ0v) is 16.5. The van der Waals surface area contributed by atoms with E-state index in [0.717, 1.165) is 12.1 Å². The number of nitrogens with two attached hydrogens (primary N) is 1. The molecule has 0 saturated carbocycles. The molecule has 0 saturated heterocycles. The number of rotatable bonds is 5. The summed E-state index contributed by atoms with van der Waals surface area (Å²) >= 11 is 1.32. The molecule has 0 radical (unpaired) electrons. The lowest BCUT2D eigenvalue weighted by molar-refractivity contribution is 0.116. The van der Waals surface area contributed by atoms with Crippen molar-refractivity contribution in [1.29, 1.82) is 0 Å². The summed E-state index contributed by atoms with van der Waals surface area (Å²) in [6.45, 7) is -0.260. The number of alkyl halides is 2. The lowest BCUT2D eigenvalue weighted by Crippen LogP contribution is -2.06. The maximum Gasteiger partial charge on any atom is 0.314 e. The number of hydrogen-bond acceptors (Lipinski definition) is 9. The fourth-order valence-electron chi connectivity index (χ4n) is 2.97. The lowest BCUT2D eigenvalue weighted by atomic mass is 10.1. The Labute approximate surface area is 179 Å². The van der Waals surface area contributed by atoms with Gasteiger partial charge in [-0.25, -0.2) is 23.4 Å².